The minimum Gasteiger partial charge on any atom is -0.480 e. The van der Waals surface area contributed by atoms with E-state index in [0.717, 1.165) is 0 Å². The maximum Gasteiger partial charge on any atom is 0.411 e. The molecule has 1 heterocycles. The van der Waals surface area contributed by atoms with Crippen molar-refractivity contribution in [2.75, 3.05) is 13.6 Å². The molecular weight excluding hydrogens is 324 g/mol. The number of rotatable bonds is 4. The van der Waals surface area contributed by atoms with E-state index in [4.69, 9.17) is 11.2 Å². The maximum atomic E-state index is 12.8. The van der Waals surface area contributed by atoms with Crippen LogP contribution in [0.25, 0.3) is 0 Å². The van der Waals surface area contributed by atoms with Crippen LogP contribution in [0.2, 0.25) is 0 Å². The lowest BCUT2D eigenvalue weighted by Gasteiger charge is -2.32. The topological polar surface area (TPSA) is 87.2 Å². The molecule has 1 fully saturated rings. The number of aliphatic carboxylic acids is 1. The van der Waals surface area contributed by atoms with Crippen molar-refractivity contribution in [3.63, 3.8) is 0 Å². The van der Waals surface area contributed by atoms with Crippen molar-refractivity contribution in [1.82, 2.24) is 9.80 Å². The van der Waals surface area contributed by atoms with Crippen LogP contribution < -0.4 is 0 Å². The third kappa shape index (κ3) is 4.88. The Morgan fingerprint density at radius 3 is 2.28 bits per heavy atom. The average Bonchev–Trinajstić information content (AvgIpc) is 2.87. The first kappa shape index (κ1) is 20.8. The summed E-state index contributed by atoms with van der Waals surface area (Å²) < 4.78 is 5.34. The van der Waals surface area contributed by atoms with Gasteiger partial charge in [-0.2, -0.15) is 0 Å². The van der Waals surface area contributed by atoms with Crippen LogP contribution in [0.15, 0.2) is 0 Å². The van der Waals surface area contributed by atoms with Crippen molar-refractivity contribution in [3.05, 3.63) is 0 Å². The third-order valence-corrected chi connectivity index (χ3v) is 4.16. The summed E-state index contributed by atoms with van der Waals surface area (Å²) in [6.07, 6.45) is 5.38. The largest absolute Gasteiger partial charge is 0.480 e. The molecule has 7 heteroatoms. The van der Waals surface area contributed by atoms with Gasteiger partial charge in [0.15, 0.2) is 0 Å². The molecule has 1 N–H and O–H groups in total. The van der Waals surface area contributed by atoms with E-state index in [1.807, 2.05) is 0 Å². The summed E-state index contributed by atoms with van der Waals surface area (Å²) in [5.74, 6) is 0.177. The van der Waals surface area contributed by atoms with Gasteiger partial charge in [0.1, 0.15) is 17.7 Å². The normalized spacial score (nSPS) is 21.6. The predicted octanol–water partition coefficient (Wildman–Crippen LogP) is 1.81. The molecule has 0 aromatic rings. The first-order valence-electron chi connectivity index (χ1n) is 8.36. The number of likely N-dealkylation sites (N-methyl/N-ethyl adjacent to an activating group) is 1. The fourth-order valence-electron chi connectivity index (χ4n) is 3.08. The van der Waals surface area contributed by atoms with Gasteiger partial charge in [-0.25, -0.2) is 9.59 Å². The molecule has 140 valence electrons. The minimum atomic E-state index is -1.06. The summed E-state index contributed by atoms with van der Waals surface area (Å²) in [4.78, 5) is 39.2. The van der Waals surface area contributed by atoms with Crippen molar-refractivity contribution in [3.8, 4) is 12.3 Å². The number of carboxylic acids is 1. The van der Waals surface area contributed by atoms with Crippen molar-refractivity contribution in [1.29, 1.82) is 0 Å². The predicted molar refractivity (Wildman–Crippen MR) is 92.7 cm³/mol. The Bertz CT molecular complexity index is 573. The van der Waals surface area contributed by atoms with Crippen LogP contribution in [0.1, 0.15) is 41.0 Å². The number of ether oxygens (including phenoxy) is 1. The van der Waals surface area contributed by atoms with E-state index in [1.54, 1.807) is 34.6 Å². The lowest BCUT2D eigenvalue weighted by atomic mass is 9.96. The van der Waals surface area contributed by atoms with Gasteiger partial charge in [0.05, 0.1) is 5.92 Å². The van der Waals surface area contributed by atoms with Gasteiger partial charge in [0, 0.05) is 13.6 Å². The molecule has 1 aliphatic heterocycles. The van der Waals surface area contributed by atoms with Crippen LogP contribution in [0.3, 0.4) is 0 Å². The summed E-state index contributed by atoms with van der Waals surface area (Å²) >= 11 is 0. The molecule has 0 bridgehead atoms. The molecular formula is C18H28N2O5. The highest BCUT2D eigenvalue weighted by atomic mass is 16.6. The molecule has 0 aliphatic carbocycles. The molecule has 3 atom stereocenters. The zero-order chi connectivity index (χ0) is 19.5. The number of amides is 2. The van der Waals surface area contributed by atoms with Gasteiger partial charge in [-0.3, -0.25) is 9.69 Å². The van der Waals surface area contributed by atoms with Crippen molar-refractivity contribution >= 4 is 18.0 Å². The first-order chi connectivity index (χ1) is 11.4. The highest BCUT2D eigenvalue weighted by molar-refractivity contribution is 5.87. The van der Waals surface area contributed by atoms with Crippen LogP contribution in [0, 0.1) is 24.2 Å². The Hall–Kier alpha value is -2.23. The van der Waals surface area contributed by atoms with Crippen LogP contribution >= 0.6 is 0 Å². The molecule has 2 amide bonds. The Morgan fingerprint density at radius 2 is 1.88 bits per heavy atom. The van der Waals surface area contributed by atoms with E-state index in [-0.39, 0.29) is 11.8 Å². The fourth-order valence-corrected chi connectivity index (χ4v) is 3.08. The van der Waals surface area contributed by atoms with E-state index in [9.17, 15) is 19.5 Å². The second-order valence-corrected chi connectivity index (χ2v) is 7.66. The quantitative estimate of drug-likeness (QED) is 0.780. The molecule has 0 spiro atoms. The minimum absolute atomic E-state index is 0.251. The summed E-state index contributed by atoms with van der Waals surface area (Å²) in [5.41, 5.74) is -0.666. The molecule has 0 radical (unpaired) electrons. The second-order valence-electron chi connectivity index (χ2n) is 7.66. The highest BCUT2D eigenvalue weighted by Gasteiger charge is 2.44. The van der Waals surface area contributed by atoms with Crippen molar-refractivity contribution in [2.24, 2.45) is 11.8 Å². The summed E-state index contributed by atoms with van der Waals surface area (Å²) in [6.45, 7) is 9.03. The zero-order valence-electron chi connectivity index (χ0n) is 15.8. The van der Waals surface area contributed by atoms with Gasteiger partial charge in [-0.05, 0) is 33.1 Å². The van der Waals surface area contributed by atoms with Crippen molar-refractivity contribution in [2.45, 2.75) is 58.7 Å². The molecule has 0 unspecified atom stereocenters. The average molecular weight is 352 g/mol. The number of likely N-dealkylation sites (tertiary alicyclic amines) is 1. The molecule has 0 aromatic carbocycles. The number of carbonyl (C=O) groups is 3. The SMILES string of the molecule is C#C[C@@H]1[C@@H](C(=O)N(C)[C@H](C(=O)O)C(C)C)CCN1C(=O)OC(C)(C)C. The van der Waals surface area contributed by atoms with Crippen LogP contribution in [0.5, 0.6) is 0 Å². The first-order valence-corrected chi connectivity index (χ1v) is 8.36. The number of hydrogen-bond donors (Lipinski definition) is 1. The summed E-state index contributed by atoms with van der Waals surface area (Å²) in [5, 5.41) is 9.38. The fraction of sp³-hybridized carbons (Fsp3) is 0.722. The monoisotopic (exact) mass is 352 g/mol. The van der Waals surface area contributed by atoms with Crippen LogP contribution in [-0.4, -0.2) is 64.2 Å². The van der Waals surface area contributed by atoms with Gasteiger partial charge in [-0.1, -0.05) is 19.8 Å². The van der Waals surface area contributed by atoms with Crippen molar-refractivity contribution < 1.29 is 24.2 Å². The third-order valence-electron chi connectivity index (χ3n) is 4.16. The van der Waals surface area contributed by atoms with E-state index in [1.165, 1.54) is 16.8 Å². The van der Waals surface area contributed by atoms with E-state index in [0.29, 0.717) is 13.0 Å². The Kier molecular flexibility index (Phi) is 6.47. The summed E-state index contributed by atoms with van der Waals surface area (Å²) in [7, 11) is 1.46. The highest BCUT2D eigenvalue weighted by Crippen LogP contribution is 2.28. The van der Waals surface area contributed by atoms with Gasteiger partial charge in [0.2, 0.25) is 5.91 Å². The zero-order valence-corrected chi connectivity index (χ0v) is 15.8. The molecule has 0 saturated carbocycles. The van der Waals surface area contributed by atoms with Gasteiger partial charge < -0.3 is 14.7 Å². The molecule has 25 heavy (non-hydrogen) atoms. The van der Waals surface area contributed by atoms with E-state index in [2.05, 4.69) is 5.92 Å². The molecule has 1 saturated heterocycles. The van der Waals surface area contributed by atoms with Gasteiger partial charge in [-0.15, -0.1) is 6.42 Å². The molecule has 1 rings (SSSR count). The molecule has 7 nitrogen and oxygen atoms in total. The molecule has 1 aliphatic rings. The second kappa shape index (κ2) is 7.77. The van der Waals surface area contributed by atoms with E-state index < -0.39 is 35.7 Å². The van der Waals surface area contributed by atoms with Gasteiger partial charge in [0.25, 0.3) is 0 Å². The molecule has 0 aromatic heterocycles. The number of hydrogen-bond acceptors (Lipinski definition) is 4. The number of terminal acetylenes is 1. The Balaban J connectivity index is 2.96. The smallest absolute Gasteiger partial charge is 0.411 e. The van der Waals surface area contributed by atoms with E-state index >= 15 is 0 Å². The number of carboxylic acid groups (broad SMARTS) is 1. The van der Waals surface area contributed by atoms with Crippen LogP contribution in [-0.2, 0) is 14.3 Å². The van der Waals surface area contributed by atoms with Gasteiger partial charge >= 0.3 is 12.1 Å². The Labute approximate surface area is 149 Å². The lowest BCUT2D eigenvalue weighted by molar-refractivity contribution is -0.152. The maximum absolute atomic E-state index is 12.8. The Morgan fingerprint density at radius 1 is 1.32 bits per heavy atom. The lowest BCUT2D eigenvalue weighted by Crippen LogP contribution is -2.50. The van der Waals surface area contributed by atoms with Crippen LogP contribution in [0.4, 0.5) is 4.79 Å². The number of nitrogens with zero attached hydrogens (tertiary/aromatic N) is 2. The number of carbonyl (C=O) groups excluding carboxylic acids is 2. The standard InChI is InChI=1S/C18H28N2O5/c1-8-13-12(9-10-20(13)17(24)25-18(4,5)6)15(21)19(7)14(11(2)3)16(22)23/h1,11-14H,9-10H2,2-7H3,(H,22,23)/t12-,13+,14-/m0/s1. The summed E-state index contributed by atoms with van der Waals surface area (Å²) in [6, 6.07) is -1.69.